The Labute approximate surface area is 196 Å². The van der Waals surface area contributed by atoms with Gasteiger partial charge in [-0.25, -0.2) is 13.4 Å². The van der Waals surface area contributed by atoms with Crippen molar-refractivity contribution >= 4 is 54.2 Å². The lowest BCUT2D eigenvalue weighted by atomic mass is 10.1. The van der Waals surface area contributed by atoms with Crippen LogP contribution in [0.15, 0.2) is 82.6 Å². The molecule has 8 heteroatoms. The molecule has 5 nitrogen and oxygen atoms in total. The summed E-state index contributed by atoms with van der Waals surface area (Å²) >= 11 is 3.04. The van der Waals surface area contributed by atoms with Crippen LogP contribution in [0.2, 0.25) is 0 Å². The van der Waals surface area contributed by atoms with Crippen LogP contribution in [0.25, 0.3) is 10.2 Å². The third-order valence-corrected chi connectivity index (χ3v) is 7.89. The predicted molar refractivity (Wildman–Crippen MR) is 133 cm³/mol. The van der Waals surface area contributed by atoms with Gasteiger partial charge in [0.25, 0.3) is 5.91 Å². The monoisotopic (exact) mass is 482 g/mol. The minimum Gasteiger partial charge on any atom is -0.279 e. The molecule has 32 heavy (non-hydrogen) atoms. The average molecular weight is 483 g/mol. The number of fused-ring (bicyclic) bond motifs is 1. The van der Waals surface area contributed by atoms with E-state index in [1.807, 2.05) is 54.6 Å². The Morgan fingerprint density at radius 2 is 1.75 bits per heavy atom. The quantitative estimate of drug-likeness (QED) is 0.318. The lowest BCUT2D eigenvalue weighted by molar-refractivity contribution is 0.0985. The molecule has 0 aliphatic carbocycles. The molecule has 0 unspecified atom stereocenters. The number of nitrogens with zero attached hydrogens (tertiary/aromatic N) is 2. The molecule has 1 heterocycles. The Bertz CT molecular complexity index is 1350. The van der Waals surface area contributed by atoms with E-state index in [1.54, 1.807) is 34.9 Å². The van der Waals surface area contributed by atoms with Crippen molar-refractivity contribution in [3.8, 4) is 0 Å². The lowest BCUT2D eigenvalue weighted by Crippen LogP contribution is -2.30. The number of aromatic nitrogens is 1. The van der Waals surface area contributed by atoms with Crippen LogP contribution < -0.4 is 4.90 Å². The Morgan fingerprint density at radius 3 is 2.41 bits per heavy atom. The Hall–Kier alpha value is -2.68. The maximum absolute atomic E-state index is 13.5. The van der Waals surface area contributed by atoms with E-state index in [-0.39, 0.29) is 10.8 Å². The van der Waals surface area contributed by atoms with Crippen molar-refractivity contribution in [1.29, 1.82) is 0 Å². The smallest absolute Gasteiger partial charge is 0.260 e. The summed E-state index contributed by atoms with van der Waals surface area (Å²) in [5, 5.41) is 0.534. The summed E-state index contributed by atoms with van der Waals surface area (Å²) in [7, 11) is -3.33. The van der Waals surface area contributed by atoms with Crippen molar-refractivity contribution in [3.63, 3.8) is 0 Å². The molecule has 164 valence electrons. The van der Waals surface area contributed by atoms with Gasteiger partial charge in [0.1, 0.15) is 0 Å². The van der Waals surface area contributed by atoms with Crippen LogP contribution in [0.4, 0.5) is 5.13 Å². The molecule has 3 aromatic carbocycles. The van der Waals surface area contributed by atoms with Crippen LogP contribution in [-0.2, 0) is 16.4 Å². The number of benzene rings is 3. The van der Waals surface area contributed by atoms with Crippen molar-refractivity contribution in [3.05, 3.63) is 83.9 Å². The van der Waals surface area contributed by atoms with Gasteiger partial charge in [-0.2, -0.15) is 0 Å². The zero-order valence-corrected chi connectivity index (χ0v) is 20.1. The SMILES string of the molecule is CCSc1ccc(C(=O)N(Cc2ccccc2)c2nc3ccc(S(C)(=O)=O)cc3s2)cc1. The number of carbonyl (C=O) groups is 1. The predicted octanol–water partition coefficient (Wildman–Crippen LogP) is 5.66. The van der Waals surface area contributed by atoms with Crippen molar-refractivity contribution in [2.24, 2.45) is 0 Å². The number of sulfone groups is 1. The molecule has 0 spiro atoms. The molecule has 1 amide bonds. The molecule has 1 aromatic heterocycles. The van der Waals surface area contributed by atoms with Gasteiger partial charge in [-0.15, -0.1) is 11.8 Å². The summed E-state index contributed by atoms with van der Waals surface area (Å²) in [5.74, 6) is 0.818. The molecule has 0 aliphatic heterocycles. The van der Waals surface area contributed by atoms with Crippen molar-refractivity contribution in [1.82, 2.24) is 4.98 Å². The van der Waals surface area contributed by atoms with E-state index in [1.165, 1.54) is 17.6 Å². The van der Waals surface area contributed by atoms with Crippen LogP contribution >= 0.6 is 23.1 Å². The van der Waals surface area contributed by atoms with Crippen LogP contribution in [0.5, 0.6) is 0 Å². The summed E-state index contributed by atoms with van der Waals surface area (Å²) in [5.41, 5.74) is 2.23. The largest absolute Gasteiger partial charge is 0.279 e. The molecule has 0 aliphatic rings. The molecule has 4 rings (SSSR count). The summed E-state index contributed by atoms with van der Waals surface area (Å²) in [4.78, 5) is 21.2. The fourth-order valence-electron chi connectivity index (χ4n) is 3.25. The van der Waals surface area contributed by atoms with E-state index >= 15 is 0 Å². The van der Waals surface area contributed by atoms with E-state index in [0.29, 0.717) is 22.8 Å². The third kappa shape index (κ3) is 5.03. The normalized spacial score (nSPS) is 11.6. The van der Waals surface area contributed by atoms with Crippen LogP contribution in [0.1, 0.15) is 22.8 Å². The summed E-state index contributed by atoms with van der Waals surface area (Å²) in [6.07, 6.45) is 1.18. The van der Waals surface area contributed by atoms with Crippen molar-refractivity contribution < 1.29 is 13.2 Å². The highest BCUT2D eigenvalue weighted by Gasteiger charge is 2.22. The number of rotatable bonds is 7. The fraction of sp³-hybridized carbons (Fsp3) is 0.167. The number of thiazole rings is 1. The molecule has 0 atom stereocenters. The third-order valence-electron chi connectivity index (χ3n) is 4.85. The molecule has 0 fully saturated rings. The summed E-state index contributed by atoms with van der Waals surface area (Å²) in [6.45, 7) is 2.46. The zero-order valence-electron chi connectivity index (χ0n) is 17.7. The van der Waals surface area contributed by atoms with Gasteiger partial charge in [0.05, 0.1) is 21.7 Å². The number of thioether (sulfide) groups is 1. The van der Waals surface area contributed by atoms with Crippen LogP contribution in [-0.4, -0.2) is 31.3 Å². The van der Waals surface area contributed by atoms with Gasteiger partial charge >= 0.3 is 0 Å². The molecule has 4 aromatic rings. The highest BCUT2D eigenvalue weighted by Crippen LogP contribution is 2.32. The number of anilines is 1. The lowest BCUT2D eigenvalue weighted by Gasteiger charge is -2.20. The molecule has 0 bridgehead atoms. The highest BCUT2D eigenvalue weighted by atomic mass is 32.2. The Balaban J connectivity index is 1.74. The van der Waals surface area contributed by atoms with Crippen LogP contribution in [0.3, 0.4) is 0 Å². The van der Waals surface area contributed by atoms with Gasteiger partial charge in [0, 0.05) is 16.7 Å². The van der Waals surface area contributed by atoms with E-state index in [2.05, 4.69) is 11.9 Å². The maximum atomic E-state index is 13.5. The second-order valence-corrected chi connectivity index (χ2v) is 11.6. The Kier molecular flexibility index (Phi) is 6.64. The summed E-state index contributed by atoms with van der Waals surface area (Å²) < 4.78 is 24.6. The Morgan fingerprint density at radius 1 is 1.03 bits per heavy atom. The molecule has 0 saturated heterocycles. The minimum atomic E-state index is -3.33. The first kappa shape index (κ1) is 22.5. The maximum Gasteiger partial charge on any atom is 0.260 e. The first-order valence-corrected chi connectivity index (χ1v) is 13.7. The van der Waals surface area contributed by atoms with Crippen molar-refractivity contribution in [2.75, 3.05) is 16.9 Å². The highest BCUT2D eigenvalue weighted by molar-refractivity contribution is 7.99. The second-order valence-electron chi connectivity index (χ2n) is 7.23. The molecule has 0 saturated carbocycles. The summed E-state index contributed by atoms with van der Waals surface area (Å²) in [6, 6.07) is 22.2. The van der Waals surface area contributed by atoms with Gasteiger partial charge in [0.15, 0.2) is 15.0 Å². The topological polar surface area (TPSA) is 67.3 Å². The van der Waals surface area contributed by atoms with Gasteiger partial charge < -0.3 is 0 Å². The van der Waals surface area contributed by atoms with E-state index < -0.39 is 9.84 Å². The van der Waals surface area contributed by atoms with E-state index in [4.69, 9.17) is 0 Å². The number of carbonyl (C=O) groups excluding carboxylic acids is 1. The molecular weight excluding hydrogens is 460 g/mol. The number of amides is 1. The first-order valence-electron chi connectivity index (χ1n) is 10.0. The second kappa shape index (κ2) is 9.44. The fourth-order valence-corrected chi connectivity index (χ4v) is 5.63. The number of hydrogen-bond acceptors (Lipinski definition) is 6. The molecule has 0 radical (unpaired) electrons. The molecular formula is C24H22N2O3S3. The standard InChI is InChI=1S/C24H22N2O3S3/c1-3-30-19-11-9-18(10-12-19)23(27)26(16-17-7-5-4-6-8-17)24-25-21-14-13-20(32(2,28)29)15-22(21)31-24/h4-15H,3,16H2,1-2H3. The molecule has 0 N–H and O–H groups in total. The average Bonchev–Trinajstić information content (AvgIpc) is 3.21. The number of hydrogen-bond donors (Lipinski definition) is 0. The van der Waals surface area contributed by atoms with Gasteiger partial charge in [-0.3, -0.25) is 9.69 Å². The van der Waals surface area contributed by atoms with E-state index in [9.17, 15) is 13.2 Å². The van der Waals surface area contributed by atoms with Gasteiger partial charge in [-0.05, 0) is 53.8 Å². The van der Waals surface area contributed by atoms with E-state index in [0.717, 1.165) is 20.9 Å². The van der Waals surface area contributed by atoms with Crippen molar-refractivity contribution in [2.45, 2.75) is 23.3 Å². The van der Waals surface area contributed by atoms with Gasteiger partial charge in [0.2, 0.25) is 0 Å². The van der Waals surface area contributed by atoms with Crippen LogP contribution in [0, 0.1) is 0 Å². The zero-order chi connectivity index (χ0) is 22.7. The van der Waals surface area contributed by atoms with Gasteiger partial charge in [-0.1, -0.05) is 48.6 Å². The first-order chi connectivity index (χ1) is 15.3. The minimum absolute atomic E-state index is 0.149.